The molecule has 0 bridgehead atoms. The largest absolute Gasteiger partial charge is 0.481 e. The Morgan fingerprint density at radius 2 is 1.90 bits per heavy atom. The predicted octanol–water partition coefficient (Wildman–Crippen LogP) is 3.32. The number of nitrogens with one attached hydrogen (secondary N) is 2. The summed E-state index contributed by atoms with van der Waals surface area (Å²) in [4.78, 5) is 47.2. The number of esters is 2. The minimum absolute atomic E-state index is 0.0317. The van der Waals surface area contributed by atoms with Crippen LogP contribution in [0.25, 0.3) is 0 Å². The van der Waals surface area contributed by atoms with Gasteiger partial charge in [0, 0.05) is 49.8 Å². The van der Waals surface area contributed by atoms with Gasteiger partial charge in [-0.1, -0.05) is 13.8 Å². The lowest BCUT2D eigenvalue weighted by Gasteiger charge is -2.63. The van der Waals surface area contributed by atoms with Crippen LogP contribution in [0.3, 0.4) is 0 Å². The summed E-state index contributed by atoms with van der Waals surface area (Å²) in [5.74, 6) is -1.07. The minimum atomic E-state index is -1.02. The molecule has 0 saturated heterocycles. The Bertz CT molecular complexity index is 1090. The molecule has 40 heavy (non-hydrogen) atoms. The number of cyclic esters (lactones) is 1. The van der Waals surface area contributed by atoms with Crippen molar-refractivity contribution in [1.29, 1.82) is 0 Å². The van der Waals surface area contributed by atoms with Crippen molar-refractivity contribution in [2.45, 2.75) is 103 Å². The van der Waals surface area contributed by atoms with Gasteiger partial charge in [-0.25, -0.2) is 9.59 Å². The number of fused-ring (bicyclic) bond motifs is 5. The van der Waals surface area contributed by atoms with Gasteiger partial charge in [0.2, 0.25) is 0 Å². The number of rotatable bonds is 7. The molecule has 0 aromatic heterocycles. The fourth-order valence-electron chi connectivity index (χ4n) is 9.59. The molecule has 1 heterocycles. The number of amides is 2. The van der Waals surface area contributed by atoms with Crippen LogP contribution in [0.1, 0.15) is 85.0 Å². The summed E-state index contributed by atoms with van der Waals surface area (Å²) in [7, 11) is 0. The quantitative estimate of drug-likeness (QED) is 0.273. The molecule has 5 aliphatic rings. The van der Waals surface area contributed by atoms with E-state index in [4.69, 9.17) is 14.6 Å². The van der Waals surface area contributed by atoms with E-state index in [9.17, 15) is 24.3 Å². The number of hydrogen-bond acceptors (Lipinski definition) is 7. The van der Waals surface area contributed by atoms with Gasteiger partial charge in [0.05, 0.1) is 5.60 Å². The van der Waals surface area contributed by atoms with Crippen molar-refractivity contribution in [3.63, 3.8) is 0 Å². The van der Waals surface area contributed by atoms with Crippen LogP contribution in [0.4, 0.5) is 4.79 Å². The maximum Gasteiger partial charge on any atom is 0.331 e. The van der Waals surface area contributed by atoms with Crippen LogP contribution in [0.15, 0.2) is 11.6 Å². The van der Waals surface area contributed by atoms with Crippen molar-refractivity contribution < 1.29 is 38.9 Å². The SMILES string of the molecule is CC(=O)O[C@H]1C[C@]2(O)[C@@H]3CC[C@@H]4C[C@@H](NC(=O)NCCCC(=O)O)CC[C@]4(C)[C@H]3CC[C@]2(C)[C@H]1C1=CC(=O)OC1. The van der Waals surface area contributed by atoms with Gasteiger partial charge in [-0.05, 0) is 80.1 Å². The zero-order valence-electron chi connectivity index (χ0n) is 23.9. The van der Waals surface area contributed by atoms with E-state index in [1.165, 1.54) is 13.0 Å². The third kappa shape index (κ3) is 4.90. The Morgan fingerprint density at radius 3 is 2.58 bits per heavy atom. The molecule has 0 spiro atoms. The van der Waals surface area contributed by atoms with E-state index in [-0.39, 0.29) is 54.3 Å². The van der Waals surface area contributed by atoms with Gasteiger partial charge in [0.25, 0.3) is 0 Å². The molecule has 5 rings (SSSR count). The zero-order chi connectivity index (χ0) is 28.9. The summed E-state index contributed by atoms with van der Waals surface area (Å²) in [5, 5.41) is 27.3. The van der Waals surface area contributed by atoms with Gasteiger partial charge in [-0.2, -0.15) is 0 Å². The van der Waals surface area contributed by atoms with Crippen LogP contribution in [0, 0.1) is 34.5 Å². The van der Waals surface area contributed by atoms with Crippen molar-refractivity contribution in [2.75, 3.05) is 13.2 Å². The first kappa shape index (κ1) is 28.9. The first-order valence-electron chi connectivity index (χ1n) is 14.9. The molecule has 4 fully saturated rings. The second kappa shape index (κ2) is 10.7. The Labute approximate surface area is 235 Å². The van der Waals surface area contributed by atoms with Gasteiger partial charge >= 0.3 is 23.9 Å². The lowest BCUT2D eigenvalue weighted by molar-refractivity contribution is -0.204. The molecule has 4 N–H and O–H groups in total. The highest BCUT2D eigenvalue weighted by Gasteiger charge is 2.71. The van der Waals surface area contributed by atoms with Crippen molar-refractivity contribution in [2.24, 2.45) is 34.5 Å². The molecule has 1 aliphatic heterocycles. The maximum absolute atomic E-state index is 12.6. The van der Waals surface area contributed by atoms with E-state index in [1.807, 2.05) is 0 Å². The predicted molar refractivity (Wildman–Crippen MR) is 144 cm³/mol. The number of ether oxygens (including phenoxy) is 2. The highest BCUT2D eigenvalue weighted by molar-refractivity contribution is 5.85. The smallest absolute Gasteiger partial charge is 0.331 e. The molecule has 10 nitrogen and oxygen atoms in total. The molecule has 2 amide bonds. The summed E-state index contributed by atoms with van der Waals surface area (Å²) in [6, 6.07) is -0.172. The number of aliphatic carboxylic acids is 1. The Morgan fingerprint density at radius 1 is 1.12 bits per heavy atom. The monoisotopic (exact) mass is 560 g/mol. The summed E-state index contributed by atoms with van der Waals surface area (Å²) in [6.45, 7) is 6.39. The molecular formula is C30H44N2O8. The van der Waals surface area contributed by atoms with E-state index in [0.717, 1.165) is 50.5 Å². The molecule has 0 unspecified atom stereocenters. The lowest BCUT2D eigenvalue weighted by atomic mass is 9.43. The van der Waals surface area contributed by atoms with Crippen LogP contribution in [-0.4, -0.2) is 65.1 Å². The van der Waals surface area contributed by atoms with Crippen molar-refractivity contribution in [3.05, 3.63) is 11.6 Å². The standard InChI is InChI=1S/C30H44N2O8/c1-17(33)40-23-15-30(38)22-7-6-19-14-20(32-27(37)31-12-4-5-24(34)35)8-10-28(19,2)21(22)9-11-29(30,3)26(23)18-13-25(36)39-16-18/h13,19-23,26,38H,4-12,14-16H2,1-3H3,(H,34,35)(H2,31,32,37)/t19-,20+,21+,22-,23+,26+,28+,29-,30+/m1/s1. The van der Waals surface area contributed by atoms with Gasteiger partial charge < -0.3 is 30.3 Å². The van der Waals surface area contributed by atoms with E-state index in [1.54, 1.807) is 0 Å². The van der Waals surface area contributed by atoms with Gasteiger partial charge in [0.15, 0.2) is 0 Å². The second-order valence-corrected chi connectivity index (χ2v) is 13.4. The number of carboxylic acids is 1. The second-order valence-electron chi connectivity index (χ2n) is 13.4. The normalized spacial score (nSPS) is 42.0. The van der Waals surface area contributed by atoms with Gasteiger partial charge in [0.1, 0.15) is 12.7 Å². The molecule has 10 heteroatoms. The molecule has 222 valence electrons. The molecule has 9 atom stereocenters. The Hall–Kier alpha value is -2.62. The molecule has 4 saturated carbocycles. The summed E-state index contributed by atoms with van der Waals surface area (Å²) in [6.07, 6.45) is 8.12. The number of aliphatic hydroxyl groups is 1. The molecular weight excluding hydrogens is 516 g/mol. The highest BCUT2D eigenvalue weighted by Crippen LogP contribution is 2.70. The fourth-order valence-corrected chi connectivity index (χ4v) is 9.59. The lowest BCUT2D eigenvalue weighted by Crippen LogP contribution is -2.62. The number of urea groups is 1. The summed E-state index contributed by atoms with van der Waals surface area (Å²) in [5.41, 5.74) is -0.696. The summed E-state index contributed by atoms with van der Waals surface area (Å²) >= 11 is 0. The van der Waals surface area contributed by atoms with E-state index in [0.29, 0.717) is 31.2 Å². The summed E-state index contributed by atoms with van der Waals surface area (Å²) < 4.78 is 11.1. The Balaban J connectivity index is 1.29. The number of carbonyl (C=O) groups is 4. The maximum atomic E-state index is 12.6. The van der Waals surface area contributed by atoms with Crippen LogP contribution >= 0.6 is 0 Å². The highest BCUT2D eigenvalue weighted by atomic mass is 16.5. The molecule has 0 aromatic carbocycles. The number of carboxylic acid groups (broad SMARTS) is 1. The Kier molecular flexibility index (Phi) is 7.70. The van der Waals surface area contributed by atoms with Crippen LogP contribution in [0.2, 0.25) is 0 Å². The van der Waals surface area contributed by atoms with E-state index >= 15 is 0 Å². The van der Waals surface area contributed by atoms with E-state index < -0.39 is 23.1 Å². The first-order valence-corrected chi connectivity index (χ1v) is 14.9. The molecule has 4 aliphatic carbocycles. The zero-order valence-corrected chi connectivity index (χ0v) is 23.9. The average Bonchev–Trinajstić information content (AvgIpc) is 3.38. The van der Waals surface area contributed by atoms with Crippen LogP contribution < -0.4 is 10.6 Å². The van der Waals surface area contributed by atoms with E-state index in [2.05, 4.69) is 24.5 Å². The fraction of sp³-hybridized carbons (Fsp3) is 0.800. The average molecular weight is 561 g/mol. The third-order valence-electron chi connectivity index (χ3n) is 11.4. The number of hydrogen-bond donors (Lipinski definition) is 4. The van der Waals surface area contributed by atoms with Crippen LogP contribution in [-0.2, 0) is 23.9 Å². The minimum Gasteiger partial charge on any atom is -0.481 e. The number of carbonyl (C=O) groups excluding carboxylic acids is 3. The van der Waals surface area contributed by atoms with Crippen LogP contribution in [0.5, 0.6) is 0 Å². The first-order chi connectivity index (χ1) is 18.9. The topological polar surface area (TPSA) is 151 Å². The third-order valence-corrected chi connectivity index (χ3v) is 11.4. The van der Waals surface area contributed by atoms with Crippen molar-refractivity contribution >= 4 is 23.9 Å². The van der Waals surface area contributed by atoms with Gasteiger partial charge in [-0.3, -0.25) is 9.59 Å². The van der Waals surface area contributed by atoms with Crippen molar-refractivity contribution in [3.8, 4) is 0 Å². The molecule has 0 aromatic rings. The van der Waals surface area contributed by atoms with Crippen molar-refractivity contribution in [1.82, 2.24) is 10.6 Å². The molecule has 0 radical (unpaired) electrons. The van der Waals surface area contributed by atoms with Gasteiger partial charge in [-0.15, -0.1) is 0 Å².